The summed E-state index contributed by atoms with van der Waals surface area (Å²) < 4.78 is 4.50. The van der Waals surface area contributed by atoms with Gasteiger partial charge in [-0.1, -0.05) is 29.8 Å². The van der Waals surface area contributed by atoms with Crippen molar-refractivity contribution in [3.05, 3.63) is 40.9 Å². The molecule has 0 fully saturated rings. The Hall–Kier alpha value is -1.81. The van der Waals surface area contributed by atoms with Gasteiger partial charge < -0.3 is 10.1 Å². The number of amides is 1. The van der Waals surface area contributed by atoms with Crippen LogP contribution in [-0.2, 0) is 14.3 Å². The SMILES string of the molecule is COC(=O)C(C)NC(=O)C=Cc1ccccc1Cl. The average Bonchev–Trinajstić information content (AvgIpc) is 2.36. The molecule has 0 aliphatic heterocycles. The van der Waals surface area contributed by atoms with Crippen molar-refractivity contribution in [3.8, 4) is 0 Å². The summed E-state index contributed by atoms with van der Waals surface area (Å²) in [6.45, 7) is 1.55. The molecule has 0 saturated heterocycles. The lowest BCUT2D eigenvalue weighted by atomic mass is 10.2. The topological polar surface area (TPSA) is 55.4 Å². The number of nitrogens with one attached hydrogen (secondary N) is 1. The van der Waals surface area contributed by atoms with Crippen LogP contribution in [0.15, 0.2) is 30.3 Å². The summed E-state index contributed by atoms with van der Waals surface area (Å²) in [5, 5.41) is 3.03. The van der Waals surface area contributed by atoms with Gasteiger partial charge >= 0.3 is 5.97 Å². The van der Waals surface area contributed by atoms with E-state index in [0.717, 1.165) is 5.56 Å². The van der Waals surface area contributed by atoms with E-state index < -0.39 is 12.0 Å². The van der Waals surface area contributed by atoms with E-state index in [1.165, 1.54) is 13.2 Å². The minimum Gasteiger partial charge on any atom is -0.467 e. The third-order valence-corrected chi connectivity index (χ3v) is 2.58. The van der Waals surface area contributed by atoms with E-state index in [1.807, 2.05) is 6.07 Å². The van der Waals surface area contributed by atoms with Gasteiger partial charge in [-0.25, -0.2) is 4.79 Å². The fourth-order valence-electron chi connectivity index (χ4n) is 1.27. The molecule has 1 rings (SSSR count). The molecule has 1 amide bonds. The Bertz CT molecular complexity index is 471. The highest BCUT2D eigenvalue weighted by atomic mass is 35.5. The van der Waals surface area contributed by atoms with E-state index in [-0.39, 0.29) is 5.91 Å². The lowest BCUT2D eigenvalue weighted by Gasteiger charge is -2.09. The lowest BCUT2D eigenvalue weighted by molar-refractivity contribution is -0.144. The highest BCUT2D eigenvalue weighted by Crippen LogP contribution is 2.15. The van der Waals surface area contributed by atoms with E-state index in [2.05, 4.69) is 10.1 Å². The maximum absolute atomic E-state index is 11.5. The van der Waals surface area contributed by atoms with Crippen LogP contribution in [0.2, 0.25) is 5.02 Å². The van der Waals surface area contributed by atoms with Gasteiger partial charge in [0.15, 0.2) is 0 Å². The number of halogens is 1. The number of rotatable bonds is 4. The smallest absolute Gasteiger partial charge is 0.328 e. The van der Waals surface area contributed by atoms with Crippen LogP contribution >= 0.6 is 11.6 Å². The molecule has 1 N–H and O–H groups in total. The van der Waals surface area contributed by atoms with E-state index in [1.54, 1.807) is 31.2 Å². The van der Waals surface area contributed by atoms with Gasteiger partial charge in [0.05, 0.1) is 7.11 Å². The Morgan fingerprint density at radius 2 is 2.06 bits per heavy atom. The number of ether oxygens (including phenoxy) is 1. The van der Waals surface area contributed by atoms with Crippen LogP contribution in [0.5, 0.6) is 0 Å². The zero-order valence-electron chi connectivity index (χ0n) is 10.1. The molecule has 0 saturated carbocycles. The molecule has 0 bridgehead atoms. The minimum atomic E-state index is -0.682. The van der Waals surface area contributed by atoms with Gasteiger partial charge in [-0.2, -0.15) is 0 Å². The third-order valence-electron chi connectivity index (χ3n) is 2.23. The van der Waals surface area contributed by atoms with Crippen LogP contribution in [0.1, 0.15) is 12.5 Å². The number of esters is 1. The van der Waals surface area contributed by atoms with Crippen LogP contribution in [0, 0.1) is 0 Å². The molecular weight excluding hydrogens is 254 g/mol. The number of carbonyl (C=O) groups excluding carboxylic acids is 2. The predicted molar refractivity (Wildman–Crippen MR) is 70.1 cm³/mol. The first-order valence-electron chi connectivity index (χ1n) is 5.35. The second kappa shape index (κ2) is 6.81. The van der Waals surface area contributed by atoms with Gasteiger partial charge in [0.1, 0.15) is 6.04 Å². The van der Waals surface area contributed by atoms with Crippen molar-refractivity contribution in [2.75, 3.05) is 7.11 Å². The molecule has 0 radical (unpaired) electrons. The Morgan fingerprint density at radius 1 is 1.39 bits per heavy atom. The molecule has 96 valence electrons. The summed E-state index contributed by atoms with van der Waals surface area (Å²) in [5.74, 6) is -0.873. The molecule has 1 unspecified atom stereocenters. The van der Waals surface area contributed by atoms with E-state index in [9.17, 15) is 9.59 Å². The van der Waals surface area contributed by atoms with Crippen molar-refractivity contribution >= 4 is 29.6 Å². The van der Waals surface area contributed by atoms with Crippen molar-refractivity contribution in [2.45, 2.75) is 13.0 Å². The second-order valence-corrected chi connectivity index (χ2v) is 4.02. The summed E-state index contributed by atoms with van der Waals surface area (Å²) in [4.78, 5) is 22.6. The molecule has 0 spiro atoms. The molecule has 0 aromatic heterocycles. The van der Waals surface area contributed by atoms with Gasteiger partial charge in [0, 0.05) is 11.1 Å². The fourth-order valence-corrected chi connectivity index (χ4v) is 1.47. The predicted octanol–water partition coefficient (Wildman–Crippen LogP) is 2.03. The molecule has 1 aromatic carbocycles. The van der Waals surface area contributed by atoms with E-state index in [0.29, 0.717) is 5.02 Å². The number of hydrogen-bond acceptors (Lipinski definition) is 3. The number of benzene rings is 1. The van der Waals surface area contributed by atoms with Crippen molar-refractivity contribution in [3.63, 3.8) is 0 Å². The Morgan fingerprint density at radius 3 is 2.67 bits per heavy atom. The van der Waals surface area contributed by atoms with Gasteiger partial charge in [0.25, 0.3) is 0 Å². The van der Waals surface area contributed by atoms with Crippen LogP contribution < -0.4 is 5.32 Å². The largest absolute Gasteiger partial charge is 0.467 e. The van der Waals surface area contributed by atoms with Gasteiger partial charge in [-0.05, 0) is 24.6 Å². The molecule has 0 heterocycles. The maximum atomic E-state index is 11.5. The summed E-state index contributed by atoms with van der Waals surface area (Å²) in [6.07, 6.45) is 2.91. The third kappa shape index (κ3) is 4.22. The highest BCUT2D eigenvalue weighted by molar-refractivity contribution is 6.32. The van der Waals surface area contributed by atoms with E-state index >= 15 is 0 Å². The van der Waals surface area contributed by atoms with Gasteiger partial charge in [-0.15, -0.1) is 0 Å². The van der Waals surface area contributed by atoms with Crippen molar-refractivity contribution < 1.29 is 14.3 Å². The standard InChI is InChI=1S/C13H14ClNO3/c1-9(13(17)18-2)15-12(16)8-7-10-5-3-4-6-11(10)14/h3-9H,1-2H3,(H,15,16). The summed E-state index contributed by atoms with van der Waals surface area (Å²) in [6, 6.07) is 6.46. The van der Waals surface area contributed by atoms with Crippen LogP contribution in [0.4, 0.5) is 0 Å². The number of hydrogen-bond donors (Lipinski definition) is 1. The zero-order chi connectivity index (χ0) is 13.5. The van der Waals surface area contributed by atoms with Crippen LogP contribution in [0.25, 0.3) is 6.08 Å². The lowest BCUT2D eigenvalue weighted by Crippen LogP contribution is -2.38. The quantitative estimate of drug-likeness (QED) is 0.671. The molecule has 5 heteroatoms. The van der Waals surface area contributed by atoms with Crippen molar-refractivity contribution in [1.82, 2.24) is 5.32 Å². The molecule has 1 aromatic rings. The van der Waals surface area contributed by atoms with Crippen molar-refractivity contribution in [2.24, 2.45) is 0 Å². The summed E-state index contributed by atoms with van der Waals surface area (Å²) >= 11 is 5.93. The maximum Gasteiger partial charge on any atom is 0.328 e. The van der Waals surface area contributed by atoms with Crippen LogP contribution in [0.3, 0.4) is 0 Å². The summed E-state index contributed by atoms with van der Waals surface area (Å²) in [5.41, 5.74) is 0.736. The Balaban J connectivity index is 2.60. The van der Waals surface area contributed by atoms with Gasteiger partial charge in [0.2, 0.25) is 5.91 Å². The Kier molecular flexibility index (Phi) is 5.39. The number of carbonyl (C=O) groups is 2. The van der Waals surface area contributed by atoms with E-state index in [4.69, 9.17) is 11.6 Å². The fraction of sp³-hybridized carbons (Fsp3) is 0.231. The molecule has 0 aliphatic rings. The minimum absolute atomic E-state index is 0.382. The molecule has 4 nitrogen and oxygen atoms in total. The highest BCUT2D eigenvalue weighted by Gasteiger charge is 2.13. The monoisotopic (exact) mass is 267 g/mol. The van der Waals surface area contributed by atoms with Crippen LogP contribution in [-0.4, -0.2) is 25.0 Å². The molecule has 18 heavy (non-hydrogen) atoms. The molecule has 0 aliphatic carbocycles. The van der Waals surface area contributed by atoms with Gasteiger partial charge in [-0.3, -0.25) is 4.79 Å². The first-order valence-corrected chi connectivity index (χ1v) is 5.73. The average molecular weight is 268 g/mol. The second-order valence-electron chi connectivity index (χ2n) is 3.61. The zero-order valence-corrected chi connectivity index (χ0v) is 10.9. The van der Waals surface area contributed by atoms with Crippen molar-refractivity contribution in [1.29, 1.82) is 0 Å². The Labute approximate surface area is 111 Å². The first-order chi connectivity index (χ1) is 8.54. The summed E-state index contributed by atoms with van der Waals surface area (Å²) in [7, 11) is 1.27. The number of methoxy groups -OCH3 is 1. The molecule has 1 atom stereocenters. The first kappa shape index (κ1) is 14.3. The normalized spacial score (nSPS) is 12.2. The molecular formula is C13H14ClNO3.